The third-order valence-electron chi connectivity index (χ3n) is 6.60. The molecule has 1 N–H and O–H groups in total. The van der Waals surface area contributed by atoms with Crippen LogP contribution >= 0.6 is 11.8 Å². The summed E-state index contributed by atoms with van der Waals surface area (Å²) in [5.41, 5.74) is 2.28. The van der Waals surface area contributed by atoms with Gasteiger partial charge in [0.25, 0.3) is 0 Å². The molecule has 29 heavy (non-hydrogen) atoms. The molecule has 4 atom stereocenters. The number of aryl methyl sites for hydroxylation is 1. The van der Waals surface area contributed by atoms with E-state index in [0.29, 0.717) is 11.7 Å². The largest absolute Gasteiger partial charge is 0.353 e. The second kappa shape index (κ2) is 8.90. The topological polar surface area (TPSA) is 59.8 Å². The normalized spacial score (nSPS) is 24.0. The van der Waals surface area contributed by atoms with Crippen LogP contribution in [0.2, 0.25) is 0 Å². The molecule has 2 bridgehead atoms. The van der Waals surface area contributed by atoms with Gasteiger partial charge in [-0.05, 0) is 63.4 Å². The van der Waals surface area contributed by atoms with Crippen molar-refractivity contribution in [3.63, 3.8) is 0 Å². The Kier molecular flexibility index (Phi) is 6.28. The second-order valence-corrected chi connectivity index (χ2v) is 9.75. The van der Waals surface area contributed by atoms with Crippen LogP contribution in [-0.2, 0) is 11.3 Å². The fourth-order valence-corrected chi connectivity index (χ4v) is 6.03. The zero-order valence-electron chi connectivity index (χ0n) is 17.7. The molecule has 0 radical (unpaired) electrons. The number of carbonyl (C=O) groups excluding carboxylic acids is 1. The quantitative estimate of drug-likeness (QED) is 0.639. The van der Waals surface area contributed by atoms with Gasteiger partial charge in [-0.1, -0.05) is 48.9 Å². The fraction of sp³-hybridized carbons (Fsp3) is 0.609. The molecule has 2 fully saturated rings. The van der Waals surface area contributed by atoms with Gasteiger partial charge in [-0.25, -0.2) is 0 Å². The van der Waals surface area contributed by atoms with Crippen molar-refractivity contribution in [2.45, 2.75) is 70.6 Å². The van der Waals surface area contributed by atoms with Crippen molar-refractivity contribution in [3.05, 3.63) is 29.8 Å². The Hall–Kier alpha value is -1.82. The minimum Gasteiger partial charge on any atom is -0.353 e. The monoisotopic (exact) mass is 412 g/mol. The van der Waals surface area contributed by atoms with E-state index >= 15 is 0 Å². The van der Waals surface area contributed by atoms with Crippen LogP contribution in [0, 0.1) is 24.7 Å². The molecule has 1 heterocycles. The van der Waals surface area contributed by atoms with Gasteiger partial charge >= 0.3 is 0 Å². The first-order valence-corrected chi connectivity index (χ1v) is 12.0. The lowest BCUT2D eigenvalue weighted by Crippen LogP contribution is -2.40. The SMILES string of the molecule is CCCn1c(SCC(=O)NC(C)C2CC3CCC2C3)nnc1-c1cccc(C)c1. The first-order valence-electron chi connectivity index (χ1n) is 11.0. The molecule has 0 spiro atoms. The minimum absolute atomic E-state index is 0.105. The van der Waals surface area contributed by atoms with E-state index in [1.807, 2.05) is 6.07 Å². The highest BCUT2D eigenvalue weighted by molar-refractivity contribution is 7.99. The highest BCUT2D eigenvalue weighted by Gasteiger charge is 2.42. The summed E-state index contributed by atoms with van der Waals surface area (Å²) in [6.45, 7) is 7.27. The number of benzene rings is 1. The Labute approximate surface area is 178 Å². The Morgan fingerprint density at radius 1 is 1.31 bits per heavy atom. The van der Waals surface area contributed by atoms with Gasteiger partial charge in [-0.15, -0.1) is 10.2 Å². The van der Waals surface area contributed by atoms with Crippen molar-refractivity contribution in [3.8, 4) is 11.4 Å². The molecule has 6 heteroatoms. The Morgan fingerprint density at radius 3 is 2.86 bits per heavy atom. The fourth-order valence-electron chi connectivity index (χ4n) is 5.26. The summed E-state index contributed by atoms with van der Waals surface area (Å²) in [5.74, 6) is 3.78. The first-order chi connectivity index (χ1) is 14.0. The van der Waals surface area contributed by atoms with E-state index in [-0.39, 0.29) is 11.9 Å². The summed E-state index contributed by atoms with van der Waals surface area (Å²) in [7, 11) is 0. The van der Waals surface area contributed by atoms with Gasteiger partial charge < -0.3 is 9.88 Å². The molecule has 4 rings (SSSR count). The minimum atomic E-state index is 0.105. The highest BCUT2D eigenvalue weighted by atomic mass is 32.2. The van der Waals surface area contributed by atoms with Crippen LogP contribution < -0.4 is 5.32 Å². The number of carbonyl (C=O) groups is 1. The smallest absolute Gasteiger partial charge is 0.230 e. The van der Waals surface area contributed by atoms with E-state index in [2.05, 4.69) is 59.1 Å². The molecular formula is C23H32N4OS. The van der Waals surface area contributed by atoms with Crippen molar-refractivity contribution in [1.29, 1.82) is 0 Å². The molecule has 2 aliphatic rings. The lowest BCUT2D eigenvalue weighted by Gasteiger charge is -2.28. The van der Waals surface area contributed by atoms with Crippen LogP contribution in [0.4, 0.5) is 0 Å². The van der Waals surface area contributed by atoms with E-state index in [1.54, 1.807) is 0 Å². The zero-order valence-corrected chi connectivity index (χ0v) is 18.5. The number of rotatable bonds is 8. The number of fused-ring (bicyclic) bond motifs is 2. The van der Waals surface area contributed by atoms with Crippen molar-refractivity contribution >= 4 is 17.7 Å². The van der Waals surface area contributed by atoms with Crippen LogP contribution in [-0.4, -0.2) is 32.5 Å². The van der Waals surface area contributed by atoms with Crippen molar-refractivity contribution in [2.75, 3.05) is 5.75 Å². The number of hydrogen-bond acceptors (Lipinski definition) is 4. The maximum Gasteiger partial charge on any atom is 0.230 e. The second-order valence-electron chi connectivity index (χ2n) is 8.81. The van der Waals surface area contributed by atoms with Crippen LogP contribution in [0.15, 0.2) is 29.4 Å². The van der Waals surface area contributed by atoms with Crippen LogP contribution in [0.25, 0.3) is 11.4 Å². The molecule has 1 aromatic heterocycles. The molecule has 156 valence electrons. The molecule has 0 saturated heterocycles. The van der Waals surface area contributed by atoms with Crippen LogP contribution in [0.1, 0.15) is 51.5 Å². The summed E-state index contributed by atoms with van der Waals surface area (Å²) >= 11 is 1.49. The van der Waals surface area contributed by atoms with Gasteiger partial charge in [0.05, 0.1) is 5.75 Å². The summed E-state index contributed by atoms with van der Waals surface area (Å²) in [5, 5.41) is 12.9. The van der Waals surface area contributed by atoms with E-state index in [4.69, 9.17) is 0 Å². The van der Waals surface area contributed by atoms with E-state index in [9.17, 15) is 4.79 Å². The van der Waals surface area contributed by atoms with Crippen LogP contribution in [0.3, 0.4) is 0 Å². The lowest BCUT2D eigenvalue weighted by molar-refractivity contribution is -0.119. The maximum absolute atomic E-state index is 12.6. The molecule has 5 nitrogen and oxygen atoms in total. The third-order valence-corrected chi connectivity index (χ3v) is 7.56. The molecule has 4 unspecified atom stereocenters. The van der Waals surface area contributed by atoms with Gasteiger partial charge in [0.2, 0.25) is 5.91 Å². The summed E-state index contributed by atoms with van der Waals surface area (Å²) in [6.07, 6.45) is 6.42. The molecule has 2 aromatic rings. The van der Waals surface area contributed by atoms with Crippen LogP contribution in [0.5, 0.6) is 0 Å². The summed E-state index contributed by atoms with van der Waals surface area (Å²) in [4.78, 5) is 12.6. The summed E-state index contributed by atoms with van der Waals surface area (Å²) < 4.78 is 2.14. The molecule has 2 saturated carbocycles. The predicted octanol–water partition coefficient (Wildman–Crippen LogP) is 4.70. The summed E-state index contributed by atoms with van der Waals surface area (Å²) in [6, 6.07) is 8.61. The Morgan fingerprint density at radius 2 is 2.17 bits per heavy atom. The van der Waals surface area contributed by atoms with E-state index in [1.165, 1.54) is 43.0 Å². The molecule has 1 aromatic carbocycles. The van der Waals surface area contributed by atoms with Crippen molar-refractivity contribution < 1.29 is 4.79 Å². The molecule has 2 aliphatic carbocycles. The number of nitrogens with zero attached hydrogens (tertiary/aromatic N) is 3. The van der Waals surface area contributed by atoms with Gasteiger partial charge in [0.1, 0.15) is 0 Å². The van der Waals surface area contributed by atoms with Gasteiger partial charge in [0.15, 0.2) is 11.0 Å². The average molecular weight is 413 g/mol. The highest BCUT2D eigenvalue weighted by Crippen LogP contribution is 2.49. The van der Waals surface area contributed by atoms with Crippen molar-refractivity contribution in [2.24, 2.45) is 17.8 Å². The number of nitrogens with one attached hydrogen (secondary N) is 1. The number of aromatic nitrogens is 3. The Bertz CT molecular complexity index is 864. The van der Waals surface area contributed by atoms with Crippen molar-refractivity contribution in [1.82, 2.24) is 20.1 Å². The Balaban J connectivity index is 1.38. The first kappa shape index (κ1) is 20.5. The van der Waals surface area contributed by atoms with E-state index < -0.39 is 0 Å². The van der Waals surface area contributed by atoms with E-state index in [0.717, 1.165) is 41.3 Å². The predicted molar refractivity (Wildman–Crippen MR) is 118 cm³/mol. The van der Waals surface area contributed by atoms with Gasteiger partial charge in [-0.2, -0.15) is 0 Å². The maximum atomic E-state index is 12.6. The lowest BCUT2D eigenvalue weighted by atomic mass is 9.84. The molecular weight excluding hydrogens is 380 g/mol. The molecule has 1 amide bonds. The number of hydrogen-bond donors (Lipinski definition) is 1. The number of thioether (sulfide) groups is 1. The zero-order chi connectivity index (χ0) is 20.4. The van der Waals surface area contributed by atoms with Gasteiger partial charge in [-0.3, -0.25) is 4.79 Å². The average Bonchev–Trinajstić information content (AvgIpc) is 3.42. The third kappa shape index (κ3) is 4.52. The molecule has 0 aliphatic heterocycles. The standard InChI is InChI=1S/C23H32N4OS/c1-4-10-27-22(19-7-5-6-15(2)11-19)25-26-23(27)29-14-21(28)24-16(3)20-13-17-8-9-18(20)12-17/h5-7,11,16-18,20H,4,8-10,12-14H2,1-3H3,(H,24,28). The van der Waals surface area contributed by atoms with Gasteiger partial charge in [0, 0.05) is 18.2 Å². The number of amides is 1.